The van der Waals surface area contributed by atoms with Gasteiger partial charge in [-0.3, -0.25) is 0 Å². The molecule has 57 heavy (non-hydrogen) atoms. The van der Waals surface area contributed by atoms with E-state index in [1.165, 1.54) is 3.97 Å². The van der Waals surface area contributed by atoms with Gasteiger partial charge in [0.15, 0.2) is 5.65 Å². The van der Waals surface area contributed by atoms with Crippen LogP contribution in [0.2, 0.25) is 0 Å². The van der Waals surface area contributed by atoms with Crippen molar-refractivity contribution in [2.24, 2.45) is 11.5 Å². The van der Waals surface area contributed by atoms with Gasteiger partial charge < -0.3 is 27.1 Å². The number of benzene rings is 1. The molecule has 7 N–H and O–H groups in total. The molecule has 2 aliphatic rings. The quantitative estimate of drug-likeness (QED) is 0.109. The van der Waals surface area contributed by atoms with Gasteiger partial charge in [0.2, 0.25) is 11.9 Å². The van der Waals surface area contributed by atoms with Crippen LogP contribution in [-0.2, 0) is 10.0 Å². The third-order valence-electron chi connectivity index (χ3n) is 11.0. The molecular weight excluding hydrogens is 737 g/mol. The summed E-state index contributed by atoms with van der Waals surface area (Å²) in [5, 5.41) is 8.70. The third-order valence-corrected chi connectivity index (χ3v) is 12.8. The molecule has 7 aromatic rings. The monoisotopic (exact) mass is 784 g/mol. The summed E-state index contributed by atoms with van der Waals surface area (Å²) < 4.78 is 28.4. The number of fused-ring (bicyclic) bond motifs is 2. The highest BCUT2D eigenvalue weighted by atomic mass is 32.2. The van der Waals surface area contributed by atoms with Crippen LogP contribution < -0.4 is 22.1 Å². The van der Waals surface area contributed by atoms with Crippen molar-refractivity contribution in [3.63, 3.8) is 0 Å². The second-order valence-electron chi connectivity index (χ2n) is 15.0. The molecule has 9 rings (SSSR count). The Kier molecular flexibility index (Phi) is 10.9. The van der Waals surface area contributed by atoms with E-state index in [0.717, 1.165) is 90.3 Å². The number of nitrogens with zero attached hydrogens (tertiary/aromatic N) is 7. The molecule has 0 amide bonds. The highest BCUT2D eigenvalue weighted by Crippen LogP contribution is 2.36. The highest BCUT2D eigenvalue weighted by molar-refractivity contribution is 7.90. The second-order valence-corrected chi connectivity index (χ2v) is 16.8. The maximum atomic E-state index is 13.5. The Morgan fingerprint density at radius 1 is 0.632 bits per heavy atom. The maximum absolute atomic E-state index is 13.5. The number of nitrogens with two attached hydrogens (primary N) is 2. The lowest BCUT2D eigenvalue weighted by Crippen LogP contribution is -2.33. The Bertz CT molecular complexity index is 2590. The lowest BCUT2D eigenvalue weighted by atomic mass is 9.92. The number of H-pyrrole nitrogens is 1. The maximum Gasteiger partial charge on any atom is 0.269 e. The van der Waals surface area contributed by atoms with Crippen LogP contribution in [0.4, 0.5) is 11.9 Å². The van der Waals surface area contributed by atoms with Gasteiger partial charge in [-0.1, -0.05) is 18.2 Å². The average Bonchev–Trinajstić information content (AvgIpc) is 3.73. The van der Waals surface area contributed by atoms with Crippen LogP contribution in [0.3, 0.4) is 0 Å². The van der Waals surface area contributed by atoms with Gasteiger partial charge in [-0.2, -0.15) is 0 Å². The molecule has 15 heteroatoms. The van der Waals surface area contributed by atoms with Crippen LogP contribution in [-0.4, -0.2) is 71.4 Å². The summed E-state index contributed by atoms with van der Waals surface area (Å²) >= 11 is 0. The van der Waals surface area contributed by atoms with Gasteiger partial charge in [-0.25, -0.2) is 42.3 Å². The number of rotatable bonds is 8. The zero-order chi connectivity index (χ0) is 39.5. The van der Waals surface area contributed by atoms with Gasteiger partial charge in [0.05, 0.1) is 16.3 Å². The Balaban J connectivity index is 0.000000168. The summed E-state index contributed by atoms with van der Waals surface area (Å²) in [7, 11) is -3.84. The number of nitrogens with one attached hydrogen (secondary N) is 3. The molecule has 14 nitrogen and oxygen atoms in total. The fourth-order valence-corrected chi connectivity index (χ4v) is 9.57. The first-order valence-corrected chi connectivity index (χ1v) is 21.0. The fraction of sp³-hybridized carbons (Fsp3) is 0.333. The average molecular weight is 785 g/mol. The van der Waals surface area contributed by atoms with Crippen molar-refractivity contribution in [3.05, 3.63) is 103 Å². The van der Waals surface area contributed by atoms with E-state index in [9.17, 15) is 8.42 Å². The largest absolute Gasteiger partial charge is 0.351 e. The van der Waals surface area contributed by atoms with Gasteiger partial charge in [-0.15, -0.1) is 0 Å². The van der Waals surface area contributed by atoms with E-state index in [0.29, 0.717) is 41.0 Å². The lowest BCUT2D eigenvalue weighted by molar-refractivity contribution is 0.410. The lowest BCUT2D eigenvalue weighted by Gasteiger charge is -2.26. The molecular formula is C42H48N12O2S. The van der Waals surface area contributed by atoms with Crippen molar-refractivity contribution >= 4 is 44.0 Å². The number of aromatic nitrogens is 8. The number of pyridine rings is 2. The van der Waals surface area contributed by atoms with Crippen LogP contribution in [0.1, 0.15) is 62.8 Å². The standard InChI is InChI=1S/C24H26N6O2S.C18H22N6/c1-16-22(21-13-15-27-24(29-21)28-18-11-9-17(25)10-12-18)20-8-5-14-26-23(20)30(16)33(31,32)19-6-3-2-4-7-19;1-11-16(14-3-2-9-20-17(14)22-11)15-8-10-21-18(24-15)23-13-6-4-12(19)5-7-13/h2-8,13-15,17-18H,9-12,25H2,1H3,(H,27,28,29);2-3,8-10,12-13H,4-7,19H2,1H3,(H,20,22)(H,21,23,24). The summed E-state index contributed by atoms with van der Waals surface area (Å²) in [6.45, 7) is 3.84. The van der Waals surface area contributed by atoms with Crippen molar-refractivity contribution in [2.75, 3.05) is 10.6 Å². The molecule has 6 aromatic heterocycles. The predicted molar refractivity (Wildman–Crippen MR) is 224 cm³/mol. The second kappa shape index (κ2) is 16.4. The van der Waals surface area contributed by atoms with Crippen molar-refractivity contribution in [3.8, 4) is 22.5 Å². The van der Waals surface area contributed by atoms with E-state index in [4.69, 9.17) is 21.4 Å². The van der Waals surface area contributed by atoms with Crippen molar-refractivity contribution in [1.82, 2.24) is 38.9 Å². The molecule has 1 aromatic carbocycles. The van der Waals surface area contributed by atoms with Gasteiger partial charge >= 0.3 is 0 Å². The number of hydrogen-bond donors (Lipinski definition) is 5. The Hall–Kier alpha value is -5.77. The number of hydrogen-bond acceptors (Lipinski definition) is 12. The summed E-state index contributed by atoms with van der Waals surface area (Å²) in [5.74, 6) is 1.22. The smallest absolute Gasteiger partial charge is 0.269 e. The van der Waals surface area contributed by atoms with Crippen LogP contribution in [0.25, 0.3) is 44.6 Å². The molecule has 2 saturated carbocycles. The van der Waals surface area contributed by atoms with E-state index in [1.807, 2.05) is 24.4 Å². The zero-order valence-corrected chi connectivity index (χ0v) is 33.0. The predicted octanol–water partition coefficient (Wildman–Crippen LogP) is 6.73. The van der Waals surface area contributed by atoms with Gasteiger partial charge in [-0.05, 0) is 114 Å². The molecule has 0 radical (unpaired) electrons. The minimum atomic E-state index is -3.84. The molecule has 294 valence electrons. The van der Waals surface area contributed by atoms with E-state index < -0.39 is 10.0 Å². The van der Waals surface area contributed by atoms with E-state index >= 15 is 0 Å². The Morgan fingerprint density at radius 3 is 1.77 bits per heavy atom. The first-order chi connectivity index (χ1) is 27.7. The number of aryl methyl sites for hydroxylation is 1. The number of aromatic amines is 1. The first kappa shape index (κ1) is 38.1. The Morgan fingerprint density at radius 2 is 1.18 bits per heavy atom. The minimum absolute atomic E-state index is 0.211. The number of anilines is 2. The Labute approximate surface area is 332 Å². The third kappa shape index (κ3) is 8.08. The van der Waals surface area contributed by atoms with Crippen LogP contribution in [0.5, 0.6) is 0 Å². The summed E-state index contributed by atoms with van der Waals surface area (Å²) in [6.07, 6.45) is 15.1. The molecule has 0 spiro atoms. The molecule has 0 unspecified atom stereocenters. The summed E-state index contributed by atoms with van der Waals surface area (Å²) in [5.41, 5.74) is 18.3. The molecule has 0 bridgehead atoms. The van der Waals surface area contributed by atoms with Gasteiger partial charge in [0, 0.05) is 82.2 Å². The van der Waals surface area contributed by atoms with Gasteiger partial charge in [0.1, 0.15) is 5.65 Å². The minimum Gasteiger partial charge on any atom is -0.351 e. The van der Waals surface area contributed by atoms with E-state index in [-0.39, 0.29) is 17.0 Å². The summed E-state index contributed by atoms with van der Waals surface area (Å²) in [6, 6.07) is 21.1. The van der Waals surface area contributed by atoms with Gasteiger partial charge in [0.25, 0.3) is 10.0 Å². The van der Waals surface area contributed by atoms with Crippen LogP contribution in [0.15, 0.2) is 96.4 Å². The van der Waals surface area contributed by atoms with E-state index in [1.54, 1.807) is 68.0 Å². The molecule has 0 aliphatic heterocycles. The molecule has 2 fully saturated rings. The first-order valence-electron chi connectivity index (χ1n) is 19.6. The van der Waals surface area contributed by atoms with Crippen LogP contribution >= 0.6 is 0 Å². The normalized spacial score (nSPS) is 19.9. The van der Waals surface area contributed by atoms with Crippen molar-refractivity contribution in [2.45, 2.75) is 94.3 Å². The molecule has 6 heterocycles. The highest BCUT2D eigenvalue weighted by Gasteiger charge is 2.27. The van der Waals surface area contributed by atoms with Crippen molar-refractivity contribution in [1.29, 1.82) is 0 Å². The topological polar surface area (TPSA) is 208 Å². The van der Waals surface area contributed by atoms with Crippen LogP contribution in [0, 0.1) is 13.8 Å². The molecule has 2 aliphatic carbocycles. The zero-order valence-electron chi connectivity index (χ0n) is 32.1. The summed E-state index contributed by atoms with van der Waals surface area (Å²) in [4.78, 5) is 30.6. The van der Waals surface area contributed by atoms with Crippen molar-refractivity contribution < 1.29 is 8.42 Å². The molecule has 0 atom stereocenters. The fourth-order valence-electron chi connectivity index (χ4n) is 8.03. The molecule has 0 saturated heterocycles. The van der Waals surface area contributed by atoms with E-state index in [2.05, 4.69) is 48.5 Å². The SMILES string of the molecule is Cc1[nH]c2ncccc2c1-c1ccnc(NC2CCC(N)CC2)n1.Cc1c(-c2ccnc(NC3CCC(N)CC3)n2)c2cccnc2n1S(=O)(=O)c1ccccc1.